The number of aryl methyl sites for hydroxylation is 1. The van der Waals surface area contributed by atoms with Crippen LogP contribution in [-0.4, -0.2) is 44.1 Å². The van der Waals surface area contributed by atoms with Crippen molar-refractivity contribution in [2.75, 3.05) is 12.8 Å². The van der Waals surface area contributed by atoms with E-state index >= 15 is 0 Å². The Kier molecular flexibility index (Phi) is 6.25. The van der Waals surface area contributed by atoms with Gasteiger partial charge in [-0.3, -0.25) is 4.79 Å². The van der Waals surface area contributed by atoms with Crippen LogP contribution in [0, 0.1) is 0 Å². The van der Waals surface area contributed by atoms with Crippen molar-refractivity contribution in [2.24, 2.45) is 0 Å². The number of sulfonamides is 1. The lowest BCUT2D eigenvalue weighted by Crippen LogP contribution is -2.57. The van der Waals surface area contributed by atoms with E-state index in [0.29, 0.717) is 19.4 Å². The fourth-order valence-electron chi connectivity index (χ4n) is 4.89. The summed E-state index contributed by atoms with van der Waals surface area (Å²) in [6.07, 6.45) is 6.70. The van der Waals surface area contributed by atoms with E-state index in [1.54, 1.807) is 0 Å². The number of carbonyl (C=O) groups is 1. The number of carbonyl (C=O) groups excluding carboxylic acids is 1. The van der Waals surface area contributed by atoms with E-state index in [1.165, 1.54) is 22.9 Å². The molecule has 2 aromatic rings. The molecule has 4 rings (SSSR count). The van der Waals surface area contributed by atoms with Crippen LogP contribution in [0.2, 0.25) is 0 Å². The average Bonchev–Trinajstić information content (AvgIpc) is 2.72. The molecule has 0 radical (unpaired) electrons. The van der Waals surface area contributed by atoms with Crippen molar-refractivity contribution in [3.63, 3.8) is 0 Å². The van der Waals surface area contributed by atoms with Crippen LogP contribution < -0.4 is 4.72 Å². The van der Waals surface area contributed by atoms with Crippen molar-refractivity contribution in [1.29, 1.82) is 0 Å². The molecule has 1 amide bonds. The first-order chi connectivity index (χ1) is 14.4. The number of benzene rings is 2. The van der Waals surface area contributed by atoms with Gasteiger partial charge in [-0.05, 0) is 60.8 Å². The van der Waals surface area contributed by atoms with Crippen LogP contribution in [-0.2, 0) is 27.7 Å². The van der Waals surface area contributed by atoms with Gasteiger partial charge in [-0.2, -0.15) is 0 Å². The lowest BCUT2D eigenvalue weighted by atomic mass is 9.89. The molecule has 1 fully saturated rings. The molecule has 2 aliphatic rings. The highest BCUT2D eigenvalue weighted by Crippen LogP contribution is 2.29. The number of rotatable bonds is 2. The Hall–Kier alpha value is -2.18. The molecule has 2 atom stereocenters. The van der Waals surface area contributed by atoms with Crippen LogP contribution in [0.5, 0.6) is 0 Å². The number of piperidine rings is 1. The van der Waals surface area contributed by atoms with Crippen LogP contribution >= 0.6 is 0 Å². The molecule has 0 saturated carbocycles. The van der Waals surface area contributed by atoms with E-state index in [0.717, 1.165) is 37.7 Å². The van der Waals surface area contributed by atoms with Crippen molar-refractivity contribution in [3.05, 3.63) is 59.7 Å². The lowest BCUT2D eigenvalue weighted by Gasteiger charge is -2.41. The number of hydrogen-bond acceptors (Lipinski definition) is 3. The monoisotopic (exact) mass is 426 g/mol. The summed E-state index contributed by atoms with van der Waals surface area (Å²) in [5.74, 6) is 0.142. The topological polar surface area (TPSA) is 66.5 Å². The van der Waals surface area contributed by atoms with E-state index < -0.39 is 10.0 Å². The molecule has 6 heteroatoms. The van der Waals surface area contributed by atoms with Gasteiger partial charge in [0, 0.05) is 19.0 Å². The quantitative estimate of drug-likeness (QED) is 0.799. The van der Waals surface area contributed by atoms with Crippen LogP contribution in [0.15, 0.2) is 48.5 Å². The van der Waals surface area contributed by atoms with Crippen LogP contribution in [0.25, 0.3) is 11.1 Å². The number of nitrogens with one attached hydrogen (secondary N) is 1. The lowest BCUT2D eigenvalue weighted by molar-refractivity contribution is -0.135. The minimum Gasteiger partial charge on any atom is -0.338 e. The van der Waals surface area contributed by atoms with Gasteiger partial charge in [-0.1, -0.05) is 48.5 Å². The van der Waals surface area contributed by atoms with E-state index in [-0.39, 0.29) is 18.0 Å². The number of fused-ring (bicyclic) bond motifs is 5. The zero-order valence-electron chi connectivity index (χ0n) is 17.5. The summed E-state index contributed by atoms with van der Waals surface area (Å²) in [7, 11) is -3.35. The summed E-state index contributed by atoms with van der Waals surface area (Å²) in [4.78, 5) is 15.0. The average molecular weight is 427 g/mol. The molecule has 2 aliphatic heterocycles. The molecule has 0 aromatic heterocycles. The second kappa shape index (κ2) is 8.90. The molecule has 5 nitrogen and oxygen atoms in total. The summed E-state index contributed by atoms with van der Waals surface area (Å²) in [5, 5.41) is 0. The first kappa shape index (κ1) is 21.1. The van der Waals surface area contributed by atoms with Gasteiger partial charge in [0.25, 0.3) is 0 Å². The summed E-state index contributed by atoms with van der Waals surface area (Å²) >= 11 is 0. The standard InChI is InChI=1S/C24H30N2O3S/c1-30(28,29)25-22-13-7-15-26-23(22)17-18-8-6-11-20(16-18)21-12-4-2-9-19(21)10-3-5-14-24(26)27/h2,4,6,8-9,11-12,16,22-23,25H,3,5,7,10,13-15,17H2,1H3. The SMILES string of the molecule is CS(=O)(=O)NC1CCCN2C(=O)CCCCc3ccccc3-c3cccc(c3)CC12. The smallest absolute Gasteiger partial charge is 0.222 e. The maximum absolute atomic E-state index is 13.1. The molecule has 0 spiro atoms. The van der Waals surface area contributed by atoms with Gasteiger partial charge >= 0.3 is 0 Å². The maximum atomic E-state index is 13.1. The Morgan fingerprint density at radius 3 is 2.63 bits per heavy atom. The van der Waals surface area contributed by atoms with Crippen LogP contribution in [0.1, 0.15) is 43.2 Å². The third-order valence-corrected chi connectivity index (χ3v) is 6.98. The predicted molar refractivity (Wildman–Crippen MR) is 120 cm³/mol. The van der Waals surface area contributed by atoms with Gasteiger partial charge in [-0.15, -0.1) is 0 Å². The fraction of sp³-hybridized carbons (Fsp3) is 0.458. The van der Waals surface area contributed by atoms with Gasteiger partial charge in [0.1, 0.15) is 0 Å². The number of nitrogens with zero attached hydrogens (tertiary/aromatic N) is 1. The van der Waals surface area contributed by atoms with Crippen molar-refractivity contribution in [2.45, 2.75) is 57.0 Å². The van der Waals surface area contributed by atoms with Crippen molar-refractivity contribution < 1.29 is 13.2 Å². The van der Waals surface area contributed by atoms with E-state index in [9.17, 15) is 13.2 Å². The molecule has 1 saturated heterocycles. The molecule has 2 bridgehead atoms. The van der Waals surface area contributed by atoms with Gasteiger partial charge < -0.3 is 4.90 Å². The molecule has 1 N–H and O–H groups in total. The Balaban J connectivity index is 1.73. The normalized spacial score (nSPS) is 22.8. The molecule has 2 aromatic carbocycles. The Bertz CT molecular complexity index is 1020. The highest BCUT2D eigenvalue weighted by molar-refractivity contribution is 7.88. The van der Waals surface area contributed by atoms with Crippen LogP contribution in [0.3, 0.4) is 0 Å². The van der Waals surface area contributed by atoms with Gasteiger partial charge in [0.05, 0.1) is 12.3 Å². The summed E-state index contributed by atoms with van der Waals surface area (Å²) < 4.78 is 26.8. The van der Waals surface area contributed by atoms with E-state index in [4.69, 9.17) is 0 Å². The van der Waals surface area contributed by atoms with Gasteiger partial charge in [0.15, 0.2) is 0 Å². The molecule has 2 unspecified atom stereocenters. The maximum Gasteiger partial charge on any atom is 0.222 e. The second-order valence-corrected chi connectivity index (χ2v) is 10.3. The van der Waals surface area contributed by atoms with Crippen LogP contribution in [0.4, 0.5) is 0 Å². The van der Waals surface area contributed by atoms with E-state index in [1.807, 2.05) is 4.90 Å². The first-order valence-electron chi connectivity index (χ1n) is 10.8. The second-order valence-electron chi connectivity index (χ2n) is 8.56. The van der Waals surface area contributed by atoms with Crippen molar-refractivity contribution in [1.82, 2.24) is 9.62 Å². The predicted octanol–water partition coefficient (Wildman–Crippen LogP) is 3.53. The third kappa shape index (κ3) is 4.93. The molecule has 2 heterocycles. The highest BCUT2D eigenvalue weighted by atomic mass is 32.2. The molecule has 160 valence electrons. The zero-order chi connectivity index (χ0) is 21.1. The Morgan fingerprint density at radius 2 is 1.80 bits per heavy atom. The summed E-state index contributed by atoms with van der Waals surface area (Å²) in [5.41, 5.74) is 4.88. The molecular weight excluding hydrogens is 396 g/mol. The first-order valence-corrected chi connectivity index (χ1v) is 12.7. The molecule has 30 heavy (non-hydrogen) atoms. The minimum atomic E-state index is -3.35. The number of amides is 1. The minimum absolute atomic E-state index is 0.142. The Labute approximate surface area is 179 Å². The largest absolute Gasteiger partial charge is 0.338 e. The summed E-state index contributed by atoms with van der Waals surface area (Å²) in [6.45, 7) is 0.700. The van der Waals surface area contributed by atoms with E-state index in [2.05, 4.69) is 53.3 Å². The van der Waals surface area contributed by atoms with Gasteiger partial charge in [0.2, 0.25) is 15.9 Å². The fourth-order valence-corrected chi connectivity index (χ4v) is 5.72. The van der Waals surface area contributed by atoms with Gasteiger partial charge in [-0.25, -0.2) is 13.1 Å². The highest BCUT2D eigenvalue weighted by Gasteiger charge is 2.35. The molecule has 0 aliphatic carbocycles. The number of hydrogen-bond donors (Lipinski definition) is 1. The molecular formula is C24H30N2O3S. The zero-order valence-corrected chi connectivity index (χ0v) is 18.3. The van der Waals surface area contributed by atoms with Crippen molar-refractivity contribution in [3.8, 4) is 11.1 Å². The summed E-state index contributed by atoms with van der Waals surface area (Å²) in [6, 6.07) is 16.6. The third-order valence-electron chi connectivity index (χ3n) is 6.25. The Morgan fingerprint density at radius 1 is 1.00 bits per heavy atom. The van der Waals surface area contributed by atoms with Crippen molar-refractivity contribution >= 4 is 15.9 Å².